The minimum absolute atomic E-state index is 0.268. The number of aromatic hydroxyl groups is 7. The highest BCUT2D eigenvalue weighted by molar-refractivity contribution is 9.10. The molecule has 3 rings (SSSR count). The van der Waals surface area contributed by atoms with Crippen LogP contribution < -0.4 is 0 Å². The second kappa shape index (κ2) is 3.92. The molecule has 1 heterocycles. The summed E-state index contributed by atoms with van der Waals surface area (Å²) in [6.07, 6.45) is 0. The highest BCUT2D eigenvalue weighted by Gasteiger charge is 2.29. The minimum Gasteiger partial charge on any atom is -0.506 e. The SMILES string of the molecule is Oc1c(O)c(O)c2c(oc3c(O)c(O)c(Br)c(O)c32)c1O. The number of benzene rings is 2. The molecule has 0 amide bonds. The Morgan fingerprint density at radius 1 is 0.524 bits per heavy atom. The lowest BCUT2D eigenvalue weighted by Crippen LogP contribution is -1.79. The van der Waals surface area contributed by atoms with Crippen molar-refractivity contribution in [2.24, 2.45) is 0 Å². The highest BCUT2D eigenvalue weighted by Crippen LogP contribution is 2.57. The first-order valence-corrected chi connectivity index (χ1v) is 6.21. The zero-order valence-electron chi connectivity index (χ0n) is 9.92. The van der Waals surface area contributed by atoms with Crippen LogP contribution in [-0.4, -0.2) is 35.7 Å². The van der Waals surface area contributed by atoms with Crippen LogP contribution in [0.3, 0.4) is 0 Å². The summed E-state index contributed by atoms with van der Waals surface area (Å²) in [5, 5.41) is 67.4. The number of halogens is 1. The molecule has 0 atom stereocenters. The Kier molecular flexibility index (Phi) is 2.48. The van der Waals surface area contributed by atoms with E-state index in [9.17, 15) is 35.7 Å². The molecule has 9 heteroatoms. The second-order valence-corrected chi connectivity index (χ2v) is 5.06. The van der Waals surface area contributed by atoms with Crippen LogP contribution in [0, 0.1) is 0 Å². The molecule has 0 saturated carbocycles. The van der Waals surface area contributed by atoms with Crippen molar-refractivity contribution in [1.29, 1.82) is 0 Å². The summed E-state index contributed by atoms with van der Waals surface area (Å²) in [7, 11) is 0. The van der Waals surface area contributed by atoms with E-state index in [1.165, 1.54) is 0 Å². The van der Waals surface area contributed by atoms with Crippen LogP contribution in [0.15, 0.2) is 8.89 Å². The quantitative estimate of drug-likeness (QED) is 0.238. The van der Waals surface area contributed by atoms with E-state index in [4.69, 9.17) is 4.42 Å². The fourth-order valence-corrected chi connectivity index (χ4v) is 2.49. The Balaban J connectivity index is 2.73. The minimum atomic E-state index is -1.03. The van der Waals surface area contributed by atoms with Crippen LogP contribution in [0.1, 0.15) is 0 Å². The molecule has 3 aromatic rings. The molecule has 0 aliphatic heterocycles. The number of phenols is 7. The first kappa shape index (κ1) is 13.3. The maximum atomic E-state index is 10.0. The van der Waals surface area contributed by atoms with Crippen LogP contribution >= 0.6 is 15.9 Å². The molecule has 21 heavy (non-hydrogen) atoms. The zero-order chi connectivity index (χ0) is 15.6. The molecule has 2 aromatic carbocycles. The molecule has 0 unspecified atom stereocenters. The fourth-order valence-electron chi connectivity index (χ4n) is 2.10. The number of phenolic OH excluding ortho intramolecular Hbond substituents is 7. The van der Waals surface area contributed by atoms with Crippen molar-refractivity contribution in [1.82, 2.24) is 0 Å². The first-order valence-electron chi connectivity index (χ1n) is 5.41. The summed E-state index contributed by atoms with van der Waals surface area (Å²) in [5.41, 5.74) is -0.931. The van der Waals surface area contributed by atoms with Gasteiger partial charge in [-0.2, -0.15) is 0 Å². The Morgan fingerprint density at radius 2 is 0.952 bits per heavy atom. The number of fused-ring (bicyclic) bond motifs is 3. The van der Waals surface area contributed by atoms with E-state index < -0.39 is 51.4 Å². The van der Waals surface area contributed by atoms with Crippen molar-refractivity contribution < 1.29 is 40.2 Å². The topological polar surface area (TPSA) is 155 Å². The van der Waals surface area contributed by atoms with Crippen molar-refractivity contribution in [3.05, 3.63) is 4.47 Å². The molecular weight excluding hydrogens is 352 g/mol. The van der Waals surface area contributed by atoms with Crippen molar-refractivity contribution in [2.75, 3.05) is 0 Å². The van der Waals surface area contributed by atoms with Crippen molar-refractivity contribution in [2.45, 2.75) is 0 Å². The first-order chi connectivity index (χ1) is 9.77. The standard InChI is InChI=1S/C12H7BrO8/c13-3-4(14)1-2-5(15)7(17)8(18)10(20)12(2)21-11(1)9(19)6(3)16/h14-20H. The van der Waals surface area contributed by atoms with E-state index in [0.717, 1.165) is 0 Å². The average Bonchev–Trinajstić information content (AvgIpc) is 2.87. The third-order valence-electron chi connectivity index (χ3n) is 3.13. The van der Waals surface area contributed by atoms with Crippen molar-refractivity contribution in [3.8, 4) is 40.2 Å². The van der Waals surface area contributed by atoms with Crippen LogP contribution in [0.25, 0.3) is 21.9 Å². The normalized spacial score (nSPS) is 11.5. The summed E-state index contributed by atoms with van der Waals surface area (Å²) < 4.78 is 4.80. The lowest BCUT2D eigenvalue weighted by Gasteiger charge is -2.06. The van der Waals surface area contributed by atoms with Gasteiger partial charge in [-0.05, 0) is 15.9 Å². The number of furan rings is 1. The van der Waals surface area contributed by atoms with Gasteiger partial charge in [0.1, 0.15) is 10.2 Å². The fraction of sp³-hybridized carbons (Fsp3) is 0. The van der Waals surface area contributed by atoms with Crippen LogP contribution in [-0.2, 0) is 0 Å². The van der Waals surface area contributed by atoms with Crippen molar-refractivity contribution in [3.63, 3.8) is 0 Å². The molecule has 0 saturated heterocycles. The van der Waals surface area contributed by atoms with E-state index in [-0.39, 0.29) is 15.2 Å². The molecule has 1 aromatic heterocycles. The Hall–Kier alpha value is -2.68. The van der Waals surface area contributed by atoms with E-state index >= 15 is 0 Å². The monoisotopic (exact) mass is 358 g/mol. The zero-order valence-corrected chi connectivity index (χ0v) is 11.5. The Bertz CT molecular complexity index is 853. The summed E-state index contributed by atoms with van der Waals surface area (Å²) in [6, 6.07) is 0. The molecule has 0 radical (unpaired) electrons. The van der Waals surface area contributed by atoms with E-state index in [1.807, 2.05) is 0 Å². The lowest BCUT2D eigenvalue weighted by molar-refractivity contribution is 0.348. The maximum Gasteiger partial charge on any atom is 0.208 e. The van der Waals surface area contributed by atoms with Gasteiger partial charge in [0.05, 0.1) is 10.8 Å². The maximum absolute atomic E-state index is 10.0. The molecule has 7 N–H and O–H groups in total. The predicted molar refractivity (Wildman–Crippen MR) is 73.1 cm³/mol. The summed E-state index contributed by atoms with van der Waals surface area (Å²) in [5.74, 6) is -5.89. The number of hydrogen-bond acceptors (Lipinski definition) is 8. The third kappa shape index (κ3) is 1.43. The van der Waals surface area contributed by atoms with Gasteiger partial charge in [0.25, 0.3) is 0 Å². The summed E-state index contributed by atoms with van der Waals surface area (Å²) in [4.78, 5) is 0. The van der Waals surface area contributed by atoms with Gasteiger partial charge in [0, 0.05) is 0 Å². The largest absolute Gasteiger partial charge is 0.506 e. The van der Waals surface area contributed by atoms with E-state index in [2.05, 4.69) is 15.9 Å². The van der Waals surface area contributed by atoms with Crippen LogP contribution in [0.4, 0.5) is 0 Å². The molecule has 110 valence electrons. The summed E-state index contributed by atoms with van der Waals surface area (Å²) in [6.45, 7) is 0. The van der Waals surface area contributed by atoms with Gasteiger partial charge in [0.2, 0.25) is 23.0 Å². The smallest absolute Gasteiger partial charge is 0.208 e. The van der Waals surface area contributed by atoms with Crippen LogP contribution in [0.5, 0.6) is 40.2 Å². The second-order valence-electron chi connectivity index (χ2n) is 4.26. The van der Waals surface area contributed by atoms with Gasteiger partial charge in [-0.15, -0.1) is 0 Å². The molecule has 0 spiro atoms. The average molecular weight is 359 g/mol. The van der Waals surface area contributed by atoms with E-state index in [0.29, 0.717) is 0 Å². The van der Waals surface area contributed by atoms with Crippen LogP contribution in [0.2, 0.25) is 0 Å². The third-order valence-corrected chi connectivity index (χ3v) is 3.88. The van der Waals surface area contributed by atoms with Gasteiger partial charge >= 0.3 is 0 Å². The number of rotatable bonds is 0. The molecule has 8 nitrogen and oxygen atoms in total. The van der Waals surface area contributed by atoms with Gasteiger partial charge in [-0.3, -0.25) is 0 Å². The summed E-state index contributed by atoms with van der Waals surface area (Å²) >= 11 is 2.84. The lowest BCUT2D eigenvalue weighted by atomic mass is 10.1. The van der Waals surface area contributed by atoms with Crippen molar-refractivity contribution >= 4 is 37.9 Å². The molecule has 0 aliphatic rings. The molecule has 0 fully saturated rings. The van der Waals surface area contributed by atoms with E-state index in [1.54, 1.807) is 0 Å². The molecule has 0 bridgehead atoms. The van der Waals surface area contributed by atoms with Gasteiger partial charge in [-0.25, -0.2) is 0 Å². The highest BCUT2D eigenvalue weighted by atomic mass is 79.9. The Labute approximate surface area is 123 Å². The number of hydrogen-bond donors (Lipinski definition) is 7. The molecular formula is C12H7BrO8. The Morgan fingerprint density at radius 3 is 1.52 bits per heavy atom. The van der Waals surface area contributed by atoms with Gasteiger partial charge in [0.15, 0.2) is 22.7 Å². The van der Waals surface area contributed by atoms with Gasteiger partial charge < -0.3 is 40.2 Å². The predicted octanol–water partition coefficient (Wildman–Crippen LogP) is 2.29. The molecule has 0 aliphatic carbocycles. The van der Waals surface area contributed by atoms with Gasteiger partial charge in [-0.1, -0.05) is 0 Å².